The van der Waals surface area contributed by atoms with Gasteiger partial charge in [-0.15, -0.1) is 10.2 Å². The van der Waals surface area contributed by atoms with E-state index in [4.69, 9.17) is 4.74 Å². The van der Waals surface area contributed by atoms with Gasteiger partial charge >= 0.3 is 5.69 Å². The second-order valence-electron chi connectivity index (χ2n) is 10.9. The van der Waals surface area contributed by atoms with Crippen molar-refractivity contribution in [1.82, 2.24) is 35.1 Å². The highest BCUT2D eigenvalue weighted by atomic mass is 32.2. The normalized spacial score (nSPS) is 13.0. The minimum Gasteiger partial charge on any atom is -0.494 e. The average Bonchev–Trinajstić information content (AvgIpc) is 3.59. The van der Waals surface area contributed by atoms with Crippen LogP contribution < -0.4 is 21.3 Å². The molecule has 2 aromatic heterocycles. The van der Waals surface area contributed by atoms with Crippen molar-refractivity contribution in [2.45, 2.75) is 50.3 Å². The molecule has 12 nitrogen and oxygen atoms in total. The Bertz CT molecular complexity index is 2120. The van der Waals surface area contributed by atoms with E-state index in [2.05, 4.69) is 25.9 Å². The Kier molecular flexibility index (Phi) is 9.77. The SMILES string of the molecule is CCC(NC(Cn1c(=O)c(-c2cccc(OC)c2F)c(C)n(Cc2c(F)cccc2S(C)(=O)=O)c1=O)c1ccccc1)c1nn[nH]n1. The summed E-state index contributed by atoms with van der Waals surface area (Å²) in [5.74, 6) is -1.46. The summed E-state index contributed by atoms with van der Waals surface area (Å²) in [5.41, 5.74) is -1.52. The molecular weight excluding hydrogens is 632 g/mol. The summed E-state index contributed by atoms with van der Waals surface area (Å²) in [4.78, 5) is 28.3. The van der Waals surface area contributed by atoms with Crippen LogP contribution in [-0.4, -0.2) is 51.5 Å². The summed E-state index contributed by atoms with van der Waals surface area (Å²) in [6.45, 7) is 2.53. The van der Waals surface area contributed by atoms with E-state index in [1.807, 2.05) is 25.1 Å². The van der Waals surface area contributed by atoms with Gasteiger partial charge in [0.1, 0.15) is 5.82 Å². The van der Waals surface area contributed by atoms with E-state index in [1.165, 1.54) is 44.4 Å². The summed E-state index contributed by atoms with van der Waals surface area (Å²) < 4.78 is 63.5. The first kappa shape index (κ1) is 33.3. The minimum absolute atomic E-state index is 0.00793. The lowest BCUT2D eigenvalue weighted by molar-refractivity contribution is 0.370. The molecule has 15 heteroatoms. The number of hydrogen-bond acceptors (Lipinski definition) is 9. The Morgan fingerprint density at radius 2 is 1.70 bits per heavy atom. The van der Waals surface area contributed by atoms with E-state index in [-0.39, 0.29) is 39.6 Å². The number of rotatable bonds is 12. The number of aromatic amines is 1. The zero-order chi connectivity index (χ0) is 33.9. The standard InChI is InChI=1S/C32H33F2N7O5S/c1-5-24(30-36-38-39-37-30)35-25(20-11-7-6-8-12-20)18-41-31(42)28(21-13-9-15-26(46-3)29(21)34)19(2)40(32(41)43)17-22-23(33)14-10-16-27(22)47(4,44)45/h6-16,24-25,35H,5,17-18H2,1-4H3,(H,36,37,38,39). The molecule has 2 atom stereocenters. The molecule has 0 aliphatic rings. The van der Waals surface area contributed by atoms with Gasteiger partial charge in [0, 0.05) is 23.1 Å². The Morgan fingerprint density at radius 1 is 0.979 bits per heavy atom. The number of H-pyrrole nitrogens is 1. The zero-order valence-corrected chi connectivity index (χ0v) is 26.9. The van der Waals surface area contributed by atoms with Crippen LogP contribution in [0.25, 0.3) is 11.1 Å². The van der Waals surface area contributed by atoms with E-state index in [0.29, 0.717) is 12.2 Å². The highest BCUT2D eigenvalue weighted by Gasteiger charge is 2.27. The molecular formula is C32H33F2N7O5S. The van der Waals surface area contributed by atoms with E-state index in [0.717, 1.165) is 27.0 Å². The molecule has 0 saturated carbocycles. The summed E-state index contributed by atoms with van der Waals surface area (Å²) in [7, 11) is -2.64. The molecule has 0 aliphatic heterocycles. The maximum atomic E-state index is 15.8. The van der Waals surface area contributed by atoms with E-state index < -0.39 is 51.3 Å². The first-order valence-electron chi connectivity index (χ1n) is 14.6. The number of aromatic nitrogens is 6. The van der Waals surface area contributed by atoms with Crippen LogP contribution in [0.2, 0.25) is 0 Å². The first-order chi connectivity index (χ1) is 22.5. The van der Waals surface area contributed by atoms with Crippen LogP contribution >= 0.6 is 0 Å². The second-order valence-corrected chi connectivity index (χ2v) is 12.9. The molecule has 0 spiro atoms. The molecule has 0 radical (unpaired) electrons. The molecule has 5 rings (SSSR count). The third-order valence-corrected chi connectivity index (χ3v) is 9.16. The van der Waals surface area contributed by atoms with Gasteiger partial charge in [0.05, 0.1) is 42.7 Å². The molecule has 2 heterocycles. The second kappa shape index (κ2) is 13.8. The van der Waals surface area contributed by atoms with Crippen molar-refractivity contribution in [3.05, 3.63) is 122 Å². The van der Waals surface area contributed by atoms with E-state index >= 15 is 8.78 Å². The molecule has 0 aliphatic carbocycles. The zero-order valence-electron chi connectivity index (χ0n) is 26.1. The van der Waals surface area contributed by atoms with Gasteiger partial charge in [-0.1, -0.05) is 60.7 Å². The molecule has 0 bridgehead atoms. The van der Waals surface area contributed by atoms with Crippen molar-refractivity contribution < 1.29 is 21.9 Å². The molecule has 3 aromatic carbocycles. The van der Waals surface area contributed by atoms with Crippen LogP contribution in [0.1, 0.15) is 48.1 Å². The lowest BCUT2D eigenvalue weighted by Gasteiger charge is -2.26. The summed E-state index contributed by atoms with van der Waals surface area (Å²) in [6, 6.07) is 15.8. The smallest absolute Gasteiger partial charge is 0.331 e. The van der Waals surface area contributed by atoms with Crippen molar-refractivity contribution in [3.8, 4) is 16.9 Å². The van der Waals surface area contributed by atoms with Crippen molar-refractivity contribution in [2.24, 2.45) is 0 Å². The van der Waals surface area contributed by atoms with Crippen molar-refractivity contribution in [1.29, 1.82) is 0 Å². The number of hydrogen-bond donors (Lipinski definition) is 2. The molecule has 2 N–H and O–H groups in total. The molecule has 0 amide bonds. The molecule has 47 heavy (non-hydrogen) atoms. The van der Waals surface area contributed by atoms with Gasteiger partial charge in [-0.05, 0) is 37.1 Å². The molecule has 5 aromatic rings. The van der Waals surface area contributed by atoms with Crippen LogP contribution in [0.4, 0.5) is 8.78 Å². The number of tetrazole rings is 1. The van der Waals surface area contributed by atoms with Crippen LogP contribution in [0, 0.1) is 18.6 Å². The monoisotopic (exact) mass is 665 g/mol. The summed E-state index contributed by atoms with van der Waals surface area (Å²) >= 11 is 0. The van der Waals surface area contributed by atoms with E-state index in [9.17, 15) is 18.0 Å². The van der Waals surface area contributed by atoms with Crippen molar-refractivity contribution in [3.63, 3.8) is 0 Å². The van der Waals surface area contributed by atoms with Crippen LogP contribution in [0.3, 0.4) is 0 Å². The van der Waals surface area contributed by atoms with Crippen LogP contribution in [-0.2, 0) is 22.9 Å². The third kappa shape index (κ3) is 6.76. The van der Waals surface area contributed by atoms with Gasteiger partial charge in [-0.25, -0.2) is 22.0 Å². The molecule has 0 saturated heterocycles. The predicted octanol–water partition coefficient (Wildman–Crippen LogP) is 3.72. The fraction of sp³-hybridized carbons (Fsp3) is 0.281. The van der Waals surface area contributed by atoms with Crippen molar-refractivity contribution in [2.75, 3.05) is 13.4 Å². The van der Waals surface area contributed by atoms with Crippen LogP contribution in [0.5, 0.6) is 5.75 Å². The van der Waals surface area contributed by atoms with Gasteiger partial charge in [-0.3, -0.25) is 19.2 Å². The lowest BCUT2D eigenvalue weighted by Crippen LogP contribution is -2.45. The maximum absolute atomic E-state index is 15.8. The molecule has 2 unspecified atom stereocenters. The Labute approximate surface area is 269 Å². The topological polar surface area (TPSA) is 154 Å². The van der Waals surface area contributed by atoms with Gasteiger partial charge in [0.2, 0.25) is 0 Å². The number of benzene rings is 3. The van der Waals surface area contributed by atoms with Gasteiger partial charge in [0.25, 0.3) is 5.56 Å². The number of nitrogens with one attached hydrogen (secondary N) is 2. The minimum atomic E-state index is -3.92. The maximum Gasteiger partial charge on any atom is 0.331 e. The fourth-order valence-corrected chi connectivity index (χ4v) is 6.51. The third-order valence-electron chi connectivity index (χ3n) is 7.98. The summed E-state index contributed by atoms with van der Waals surface area (Å²) in [6.07, 6.45) is 1.46. The molecule has 0 fully saturated rings. The van der Waals surface area contributed by atoms with E-state index in [1.54, 1.807) is 12.1 Å². The Hall–Kier alpha value is -5.02. The lowest BCUT2D eigenvalue weighted by atomic mass is 10.0. The highest BCUT2D eigenvalue weighted by molar-refractivity contribution is 7.90. The summed E-state index contributed by atoms with van der Waals surface area (Å²) in [5, 5.41) is 17.6. The van der Waals surface area contributed by atoms with Gasteiger partial charge < -0.3 is 4.74 Å². The molecule has 246 valence electrons. The average molecular weight is 666 g/mol. The first-order valence-corrected chi connectivity index (χ1v) is 16.5. The number of methoxy groups -OCH3 is 1. The Balaban J connectivity index is 1.76. The fourth-order valence-electron chi connectivity index (χ4n) is 5.57. The number of halogens is 2. The quantitative estimate of drug-likeness (QED) is 0.203. The van der Waals surface area contributed by atoms with Gasteiger partial charge in [0.15, 0.2) is 27.2 Å². The number of nitrogens with zero attached hydrogens (tertiary/aromatic N) is 5. The number of sulfone groups is 1. The van der Waals surface area contributed by atoms with Crippen molar-refractivity contribution >= 4 is 9.84 Å². The van der Waals surface area contributed by atoms with Gasteiger partial charge in [-0.2, -0.15) is 5.21 Å². The predicted molar refractivity (Wildman–Crippen MR) is 170 cm³/mol. The highest BCUT2D eigenvalue weighted by Crippen LogP contribution is 2.30. The van der Waals surface area contributed by atoms with Crippen LogP contribution in [0.15, 0.2) is 81.2 Å². The number of ether oxygens (including phenoxy) is 1. The Morgan fingerprint density at radius 3 is 2.34 bits per heavy atom. The largest absolute Gasteiger partial charge is 0.494 e.